The van der Waals surface area contributed by atoms with Gasteiger partial charge in [0.1, 0.15) is 6.10 Å². The maximum Gasteiger partial charge on any atom is 0.249 e. The van der Waals surface area contributed by atoms with Gasteiger partial charge < -0.3 is 20.6 Å². The number of carbonyl (C=O) groups is 1. The van der Waals surface area contributed by atoms with Crippen LogP contribution in [-0.4, -0.2) is 46.1 Å². The number of aliphatic hydroxyl groups excluding tert-OH is 3. The molecule has 354 valence electrons. The molecule has 1 amide bonds. The second-order valence-corrected chi connectivity index (χ2v) is 18.4. The van der Waals surface area contributed by atoms with Crippen molar-refractivity contribution >= 4 is 5.91 Å². The van der Waals surface area contributed by atoms with Gasteiger partial charge in [-0.25, -0.2) is 0 Å². The number of nitrogens with one attached hydrogen (secondary N) is 1. The Morgan fingerprint density at radius 1 is 0.400 bits per heavy atom. The predicted octanol–water partition coefficient (Wildman–Crippen LogP) is 16.3. The van der Waals surface area contributed by atoms with E-state index in [-0.39, 0.29) is 6.61 Å². The van der Waals surface area contributed by atoms with Gasteiger partial charge in [0.05, 0.1) is 18.8 Å². The van der Waals surface area contributed by atoms with Crippen LogP contribution in [0.1, 0.15) is 284 Å². The van der Waals surface area contributed by atoms with Crippen LogP contribution in [0.15, 0.2) is 36.5 Å². The lowest BCUT2D eigenvalue weighted by Crippen LogP contribution is -2.48. The minimum Gasteiger partial charge on any atom is -0.394 e. The second-order valence-electron chi connectivity index (χ2n) is 18.4. The van der Waals surface area contributed by atoms with E-state index in [4.69, 9.17) is 0 Å². The summed E-state index contributed by atoms with van der Waals surface area (Å²) in [4.78, 5) is 12.5. The third-order valence-corrected chi connectivity index (χ3v) is 12.5. The molecule has 0 fully saturated rings. The van der Waals surface area contributed by atoms with Gasteiger partial charge in [0.25, 0.3) is 0 Å². The normalized spacial score (nSPS) is 13.6. The summed E-state index contributed by atoms with van der Waals surface area (Å²) < 4.78 is 0. The average molecular weight is 844 g/mol. The zero-order valence-corrected chi connectivity index (χ0v) is 40.4. The number of amides is 1. The molecule has 4 N–H and O–H groups in total. The lowest BCUT2D eigenvalue weighted by Gasteiger charge is -2.21. The van der Waals surface area contributed by atoms with Crippen molar-refractivity contribution in [3.05, 3.63) is 36.5 Å². The monoisotopic (exact) mass is 844 g/mol. The van der Waals surface area contributed by atoms with E-state index < -0.39 is 24.2 Å². The zero-order valence-electron chi connectivity index (χ0n) is 40.4. The molecule has 0 aromatic heterocycles. The molecule has 5 nitrogen and oxygen atoms in total. The number of hydrogen-bond donors (Lipinski definition) is 4. The van der Waals surface area contributed by atoms with Gasteiger partial charge in [0, 0.05) is 0 Å². The number of carbonyl (C=O) groups excluding carboxylic acids is 1. The molecule has 3 unspecified atom stereocenters. The Kier molecular flexibility index (Phi) is 49.0. The quantitative estimate of drug-likeness (QED) is 0.0363. The first-order valence-electron chi connectivity index (χ1n) is 26.8. The van der Waals surface area contributed by atoms with Crippen LogP contribution in [0.3, 0.4) is 0 Å². The molecule has 0 radical (unpaired) electrons. The number of unbranched alkanes of at least 4 members (excludes halogenated alkanes) is 37. The van der Waals surface area contributed by atoms with Crippen molar-refractivity contribution in [2.24, 2.45) is 0 Å². The molecule has 60 heavy (non-hydrogen) atoms. The molecule has 0 rings (SSSR count). The molecule has 0 saturated heterocycles. The number of aliphatic hydroxyl groups is 3. The van der Waals surface area contributed by atoms with Gasteiger partial charge in [0.2, 0.25) is 5.91 Å². The number of allylic oxidation sites excluding steroid dienone is 5. The summed E-state index contributed by atoms with van der Waals surface area (Å²) in [7, 11) is 0. The van der Waals surface area contributed by atoms with Crippen molar-refractivity contribution in [1.29, 1.82) is 0 Å². The third-order valence-electron chi connectivity index (χ3n) is 12.5. The van der Waals surface area contributed by atoms with E-state index in [1.807, 2.05) is 6.08 Å². The third kappa shape index (κ3) is 44.6. The molecule has 0 saturated carbocycles. The summed E-state index contributed by atoms with van der Waals surface area (Å²) in [6.07, 6.45) is 65.0. The Morgan fingerprint density at radius 3 is 1.02 bits per heavy atom. The molecule has 0 aromatic rings. The molecule has 5 heteroatoms. The van der Waals surface area contributed by atoms with Crippen molar-refractivity contribution in [2.45, 2.75) is 302 Å². The van der Waals surface area contributed by atoms with Crippen LogP contribution < -0.4 is 5.32 Å². The van der Waals surface area contributed by atoms with Crippen molar-refractivity contribution in [1.82, 2.24) is 5.32 Å². The first kappa shape index (κ1) is 58.6. The van der Waals surface area contributed by atoms with Crippen molar-refractivity contribution in [2.75, 3.05) is 6.61 Å². The van der Waals surface area contributed by atoms with Gasteiger partial charge in [-0.3, -0.25) is 4.79 Å². The highest BCUT2D eigenvalue weighted by atomic mass is 16.3. The van der Waals surface area contributed by atoms with Crippen molar-refractivity contribution < 1.29 is 20.1 Å². The van der Waals surface area contributed by atoms with Gasteiger partial charge in [0.15, 0.2) is 0 Å². The molecule has 0 aliphatic rings. The second kappa shape index (κ2) is 50.2. The fourth-order valence-electron chi connectivity index (χ4n) is 8.26. The van der Waals surface area contributed by atoms with E-state index in [9.17, 15) is 20.1 Å². The van der Waals surface area contributed by atoms with Gasteiger partial charge in [-0.05, 0) is 57.8 Å². The van der Waals surface area contributed by atoms with Crippen LogP contribution >= 0.6 is 0 Å². The van der Waals surface area contributed by atoms with Crippen molar-refractivity contribution in [3.63, 3.8) is 0 Å². The van der Waals surface area contributed by atoms with Crippen molar-refractivity contribution in [3.8, 4) is 0 Å². The summed E-state index contributed by atoms with van der Waals surface area (Å²) in [5.41, 5.74) is 0. The Bertz CT molecular complexity index is 931. The first-order chi connectivity index (χ1) is 29.6. The molecular weight excluding hydrogens is 739 g/mol. The van der Waals surface area contributed by atoms with E-state index >= 15 is 0 Å². The Balaban J connectivity index is 3.64. The molecule has 0 aliphatic carbocycles. The highest BCUT2D eigenvalue weighted by molar-refractivity contribution is 5.80. The van der Waals surface area contributed by atoms with Crippen LogP contribution in [0.4, 0.5) is 0 Å². The van der Waals surface area contributed by atoms with Crippen LogP contribution in [0.2, 0.25) is 0 Å². The van der Waals surface area contributed by atoms with Gasteiger partial charge in [-0.2, -0.15) is 0 Å². The highest BCUT2D eigenvalue weighted by Crippen LogP contribution is 2.16. The topological polar surface area (TPSA) is 89.8 Å². The molecule has 0 heterocycles. The van der Waals surface area contributed by atoms with E-state index in [0.29, 0.717) is 6.42 Å². The van der Waals surface area contributed by atoms with E-state index in [2.05, 4.69) is 43.5 Å². The van der Waals surface area contributed by atoms with Crippen LogP contribution in [-0.2, 0) is 4.79 Å². The predicted molar refractivity (Wildman–Crippen MR) is 264 cm³/mol. The smallest absolute Gasteiger partial charge is 0.249 e. The van der Waals surface area contributed by atoms with Gasteiger partial charge >= 0.3 is 0 Å². The van der Waals surface area contributed by atoms with E-state index in [1.165, 1.54) is 225 Å². The summed E-state index contributed by atoms with van der Waals surface area (Å²) >= 11 is 0. The molecule has 0 aliphatic heterocycles. The molecular formula is C55H105NO4. The van der Waals surface area contributed by atoms with Crippen LogP contribution in [0, 0.1) is 0 Å². The summed E-state index contributed by atoms with van der Waals surface area (Å²) in [5.74, 6) is -0.513. The molecule has 0 spiro atoms. The summed E-state index contributed by atoms with van der Waals surface area (Å²) in [5, 5.41) is 33.3. The van der Waals surface area contributed by atoms with Gasteiger partial charge in [-0.1, -0.05) is 262 Å². The van der Waals surface area contributed by atoms with Crippen LogP contribution in [0.5, 0.6) is 0 Å². The number of hydrogen-bond acceptors (Lipinski definition) is 4. The highest BCUT2D eigenvalue weighted by Gasteiger charge is 2.22. The fourth-order valence-corrected chi connectivity index (χ4v) is 8.26. The molecule has 3 atom stereocenters. The maximum absolute atomic E-state index is 12.5. The Morgan fingerprint density at radius 2 is 0.683 bits per heavy atom. The molecule has 0 aromatic carbocycles. The van der Waals surface area contributed by atoms with Crippen LogP contribution in [0.25, 0.3) is 0 Å². The maximum atomic E-state index is 12.5. The Labute approximate surface area is 374 Å². The minimum absolute atomic E-state index is 0.377. The standard InChI is InChI=1S/C55H105NO4/c1-3-5-7-9-11-13-15-17-19-21-23-25-27-29-31-33-35-37-39-41-43-45-47-49-53(58)52(51-57)56-55(60)54(59)50-48-46-44-42-40-38-36-34-32-30-28-26-24-22-20-18-16-14-12-10-8-6-4-2/h30,32,39,41,47,49,52-54,57-59H,3-29,31,33-38,40,42-46,48,50-51H2,1-2H3,(H,56,60)/b32-30-,41-39+,49-47+. The first-order valence-corrected chi connectivity index (χ1v) is 26.8. The summed E-state index contributed by atoms with van der Waals surface area (Å²) in [6, 6.07) is -0.817. The summed E-state index contributed by atoms with van der Waals surface area (Å²) in [6.45, 7) is 4.20. The SMILES string of the molecule is CCCCCCCCCCCCCC/C=C\CCCCCCCCCC(O)C(=O)NC(CO)C(O)/C=C/CC/C=C/CCCCCCCCCCCCCCCCCCC. The average Bonchev–Trinajstić information content (AvgIpc) is 3.25. The Hall–Kier alpha value is -1.43. The largest absolute Gasteiger partial charge is 0.394 e. The van der Waals surface area contributed by atoms with E-state index in [0.717, 1.165) is 38.5 Å². The molecule has 0 bridgehead atoms. The van der Waals surface area contributed by atoms with E-state index in [1.54, 1.807) is 6.08 Å². The fraction of sp³-hybridized carbons (Fsp3) is 0.873. The lowest BCUT2D eigenvalue weighted by molar-refractivity contribution is -0.131. The lowest BCUT2D eigenvalue weighted by atomic mass is 10.0. The minimum atomic E-state index is -1.11. The number of rotatable bonds is 49. The zero-order chi connectivity index (χ0) is 43.7. The van der Waals surface area contributed by atoms with Gasteiger partial charge in [-0.15, -0.1) is 0 Å².